The van der Waals surface area contributed by atoms with Crippen LogP contribution in [0.3, 0.4) is 0 Å². The molecule has 4 rings (SSSR count). The maximum atomic E-state index is 13.1. The molecule has 1 aromatic heterocycles. The van der Waals surface area contributed by atoms with E-state index in [2.05, 4.69) is 17.2 Å². The van der Waals surface area contributed by atoms with Crippen molar-refractivity contribution >= 4 is 63.9 Å². The summed E-state index contributed by atoms with van der Waals surface area (Å²) in [6.45, 7) is 0. The molecule has 0 unspecified atom stereocenters. The van der Waals surface area contributed by atoms with Crippen molar-refractivity contribution in [2.24, 2.45) is 0 Å². The molecule has 8 heteroatoms. The zero-order chi connectivity index (χ0) is 21.3. The molecule has 0 spiro atoms. The van der Waals surface area contributed by atoms with E-state index >= 15 is 0 Å². The van der Waals surface area contributed by atoms with Gasteiger partial charge in [0, 0.05) is 29.7 Å². The van der Waals surface area contributed by atoms with Gasteiger partial charge in [-0.2, -0.15) is 0 Å². The minimum Gasteiger partial charge on any atom is -0.321 e. The molecule has 0 atom stereocenters. The third-order valence-corrected chi connectivity index (χ3v) is 6.32. The summed E-state index contributed by atoms with van der Waals surface area (Å²) in [7, 11) is 0. The van der Waals surface area contributed by atoms with Crippen LogP contribution in [0.1, 0.15) is 34.3 Å². The van der Waals surface area contributed by atoms with E-state index in [4.69, 9.17) is 47.2 Å². The zero-order valence-corrected chi connectivity index (χ0v) is 19.0. The molecule has 1 N–H and O–H groups in total. The highest BCUT2D eigenvalue weighted by molar-refractivity contribution is 7.80. The molecule has 4 nitrogen and oxygen atoms in total. The Morgan fingerprint density at radius 2 is 1.57 bits per heavy atom. The van der Waals surface area contributed by atoms with Gasteiger partial charge in [-0.15, -0.1) is 0 Å². The Hall–Kier alpha value is -2.05. The largest absolute Gasteiger partial charge is 0.321 e. The van der Waals surface area contributed by atoms with Crippen molar-refractivity contribution in [2.45, 2.75) is 25.7 Å². The van der Waals surface area contributed by atoms with Crippen LogP contribution in [0.25, 0.3) is 5.69 Å². The lowest BCUT2D eigenvalue weighted by Crippen LogP contribution is -2.40. The molecule has 1 aliphatic carbocycles. The molecule has 0 saturated heterocycles. The fourth-order valence-corrected chi connectivity index (χ4v) is 4.70. The summed E-state index contributed by atoms with van der Waals surface area (Å²) in [6, 6.07) is 12.1. The Balaban J connectivity index is 1.75. The number of thiocarbonyl (C=S) groups is 1. The third-order valence-electron chi connectivity index (χ3n) is 5.17. The van der Waals surface area contributed by atoms with E-state index in [9.17, 15) is 4.79 Å². The highest BCUT2D eigenvalue weighted by Gasteiger charge is 2.24. The number of carbonyl (C=O) groups excluding carboxylic acids is 1. The van der Waals surface area contributed by atoms with Gasteiger partial charge in [0.15, 0.2) is 5.11 Å². The number of nitrogens with zero attached hydrogens (tertiary/aromatic N) is 2. The van der Waals surface area contributed by atoms with E-state index < -0.39 is 0 Å². The van der Waals surface area contributed by atoms with Crippen molar-refractivity contribution in [3.63, 3.8) is 0 Å². The molecular weight excluding hydrogens is 461 g/mol. The van der Waals surface area contributed by atoms with Gasteiger partial charge >= 0.3 is 0 Å². The van der Waals surface area contributed by atoms with Crippen molar-refractivity contribution in [3.05, 3.63) is 81.6 Å². The monoisotopic (exact) mass is 477 g/mol. The van der Waals surface area contributed by atoms with E-state index in [-0.39, 0.29) is 11.0 Å². The molecular formula is C22H18Cl3N3OS. The van der Waals surface area contributed by atoms with E-state index in [1.807, 2.05) is 10.6 Å². The summed E-state index contributed by atoms with van der Waals surface area (Å²) in [5, 5.41) is 0.850. The minimum atomic E-state index is -0.343. The molecule has 1 heterocycles. The van der Waals surface area contributed by atoms with E-state index in [1.165, 1.54) is 28.9 Å². The number of halogens is 3. The number of benzene rings is 2. The first kappa shape index (κ1) is 21.2. The SMILES string of the molecule is O=C(c1ccccc1)N(C(=S)NCl)c1cc(Cl)c(-n2cc3c(c2)CCCC3)c(Cl)c1. The number of rotatable bonds is 3. The number of carbonyl (C=O) groups is 1. The highest BCUT2D eigenvalue weighted by atomic mass is 35.5. The number of amides is 1. The number of hydrogen-bond acceptors (Lipinski definition) is 2. The normalized spacial score (nSPS) is 12.9. The highest BCUT2D eigenvalue weighted by Crippen LogP contribution is 2.36. The molecule has 154 valence electrons. The van der Waals surface area contributed by atoms with Crippen LogP contribution in [0.15, 0.2) is 54.9 Å². The molecule has 0 radical (unpaired) electrons. The first-order valence-electron chi connectivity index (χ1n) is 9.49. The third kappa shape index (κ3) is 4.08. The van der Waals surface area contributed by atoms with Crippen molar-refractivity contribution < 1.29 is 4.79 Å². The second-order valence-electron chi connectivity index (χ2n) is 7.09. The summed E-state index contributed by atoms with van der Waals surface area (Å²) in [5.74, 6) is -0.343. The number of fused-ring (bicyclic) bond motifs is 1. The first-order chi connectivity index (χ1) is 14.5. The van der Waals surface area contributed by atoms with Crippen LogP contribution in [0.2, 0.25) is 10.0 Å². The topological polar surface area (TPSA) is 37.3 Å². The van der Waals surface area contributed by atoms with Crippen LogP contribution in [0.4, 0.5) is 5.69 Å². The number of nitrogens with one attached hydrogen (secondary N) is 1. The Bertz CT molecular complexity index is 1070. The summed E-state index contributed by atoms with van der Waals surface area (Å²) in [6.07, 6.45) is 8.67. The van der Waals surface area contributed by atoms with Gasteiger partial charge in [-0.25, -0.2) is 0 Å². The van der Waals surface area contributed by atoms with Gasteiger partial charge in [-0.3, -0.25) is 14.5 Å². The Kier molecular flexibility index (Phi) is 6.34. The minimum absolute atomic E-state index is 0.0295. The van der Waals surface area contributed by atoms with Crippen molar-refractivity contribution in [1.29, 1.82) is 0 Å². The number of aromatic nitrogens is 1. The summed E-state index contributed by atoms with van der Waals surface area (Å²) < 4.78 is 1.96. The summed E-state index contributed by atoms with van der Waals surface area (Å²) in [4.78, 5) is 16.7. The van der Waals surface area contributed by atoms with E-state index in [0.717, 1.165) is 12.8 Å². The van der Waals surface area contributed by atoms with Gasteiger partial charge in [0.1, 0.15) is 0 Å². The summed E-state index contributed by atoms with van der Waals surface area (Å²) in [5.41, 5.74) is 4.21. The molecule has 3 aromatic rings. The fraction of sp³-hybridized carbons (Fsp3) is 0.182. The standard InChI is InChI=1S/C22H18Cl3N3OS/c23-18-10-17(28(22(30)26-25)21(29)14-6-2-1-3-7-14)11-19(24)20(18)27-12-15-8-4-5-9-16(15)13-27/h1-3,6-7,10-13H,4-5,8-9H2,(H,26,30). The van der Waals surface area contributed by atoms with Gasteiger partial charge in [0.25, 0.3) is 5.91 Å². The lowest BCUT2D eigenvalue weighted by Gasteiger charge is -2.23. The molecule has 0 saturated carbocycles. The van der Waals surface area contributed by atoms with Gasteiger partial charge < -0.3 is 4.57 Å². The second kappa shape index (κ2) is 8.98. The van der Waals surface area contributed by atoms with Crippen LogP contribution in [-0.2, 0) is 12.8 Å². The number of hydrogen-bond donors (Lipinski definition) is 1. The van der Waals surface area contributed by atoms with E-state index in [1.54, 1.807) is 36.4 Å². The van der Waals surface area contributed by atoms with Crippen LogP contribution in [0.5, 0.6) is 0 Å². The maximum absolute atomic E-state index is 13.1. The smallest absolute Gasteiger partial charge is 0.264 e. The molecule has 1 aliphatic rings. The lowest BCUT2D eigenvalue weighted by atomic mass is 9.96. The molecule has 1 amide bonds. The second-order valence-corrected chi connectivity index (χ2v) is 8.48. The Morgan fingerprint density at radius 1 is 1.00 bits per heavy atom. The van der Waals surface area contributed by atoms with Gasteiger partial charge in [0.05, 0.1) is 21.4 Å². The van der Waals surface area contributed by atoms with Crippen LogP contribution in [0, 0.1) is 0 Å². The average Bonchev–Trinajstić information content (AvgIpc) is 3.17. The maximum Gasteiger partial charge on any atom is 0.264 e. The van der Waals surface area contributed by atoms with Crippen LogP contribution < -0.4 is 9.74 Å². The first-order valence-corrected chi connectivity index (χ1v) is 11.0. The molecule has 0 bridgehead atoms. The molecule has 30 heavy (non-hydrogen) atoms. The van der Waals surface area contributed by atoms with Gasteiger partial charge in [-0.05, 0) is 73.3 Å². The lowest BCUT2D eigenvalue weighted by molar-refractivity contribution is 0.100. The van der Waals surface area contributed by atoms with E-state index in [0.29, 0.717) is 27.0 Å². The van der Waals surface area contributed by atoms with Crippen LogP contribution in [-0.4, -0.2) is 15.6 Å². The fourth-order valence-electron chi connectivity index (χ4n) is 3.76. The predicted octanol–water partition coefficient (Wildman–Crippen LogP) is 6.34. The summed E-state index contributed by atoms with van der Waals surface area (Å²) >= 11 is 24.3. The van der Waals surface area contributed by atoms with Crippen LogP contribution >= 0.6 is 47.2 Å². The van der Waals surface area contributed by atoms with Gasteiger partial charge in [0.2, 0.25) is 0 Å². The Morgan fingerprint density at radius 3 is 2.10 bits per heavy atom. The number of aryl methyl sites for hydroxylation is 2. The Labute approximate surface area is 195 Å². The molecule has 0 fully saturated rings. The van der Waals surface area contributed by atoms with Crippen molar-refractivity contribution in [2.75, 3.05) is 4.90 Å². The molecule has 2 aromatic carbocycles. The predicted molar refractivity (Wildman–Crippen MR) is 127 cm³/mol. The zero-order valence-electron chi connectivity index (χ0n) is 15.9. The molecule has 0 aliphatic heterocycles. The number of anilines is 1. The van der Waals surface area contributed by atoms with Gasteiger partial charge in [-0.1, -0.05) is 41.4 Å². The average molecular weight is 479 g/mol. The van der Waals surface area contributed by atoms with Crippen molar-refractivity contribution in [3.8, 4) is 5.69 Å². The van der Waals surface area contributed by atoms with Crippen molar-refractivity contribution in [1.82, 2.24) is 9.40 Å². The quantitative estimate of drug-likeness (QED) is 0.353.